The second-order valence-corrected chi connectivity index (χ2v) is 10.8. The highest BCUT2D eigenvalue weighted by molar-refractivity contribution is 7.94. The molecule has 180 valence electrons. The average Bonchev–Trinajstić information content (AvgIpc) is 3.29. The number of carbonyl (C=O) groups excluding carboxylic acids is 1. The number of ether oxygens (including phenoxy) is 1. The van der Waals surface area contributed by atoms with Crippen molar-refractivity contribution in [3.05, 3.63) is 53.0 Å². The topological polar surface area (TPSA) is 126 Å². The van der Waals surface area contributed by atoms with E-state index in [2.05, 4.69) is 30.2 Å². The highest BCUT2D eigenvalue weighted by atomic mass is 32.2. The summed E-state index contributed by atoms with van der Waals surface area (Å²) in [5.74, 6) is 1.15. The summed E-state index contributed by atoms with van der Waals surface area (Å²) < 4.78 is 33.6. The van der Waals surface area contributed by atoms with E-state index in [0.29, 0.717) is 31.4 Å². The summed E-state index contributed by atoms with van der Waals surface area (Å²) in [6.45, 7) is 6.54. The quantitative estimate of drug-likeness (QED) is 0.429. The van der Waals surface area contributed by atoms with Gasteiger partial charge < -0.3 is 20.3 Å². The maximum absolute atomic E-state index is 12.7. The SMILES string of the molecule is CC(=O)NCc1ccc(S(=O)(=O)Nc2ccc(Nc3nc(C)cc(N4CCOCC4)n3)cc2)s1. The van der Waals surface area contributed by atoms with Crippen molar-refractivity contribution < 1.29 is 17.9 Å². The number of anilines is 4. The minimum Gasteiger partial charge on any atom is -0.378 e. The molecule has 3 aromatic rings. The Balaban J connectivity index is 1.41. The fraction of sp³-hybridized carbons (Fsp3) is 0.318. The molecule has 1 aliphatic heterocycles. The van der Waals surface area contributed by atoms with Gasteiger partial charge in [-0.25, -0.2) is 13.4 Å². The number of rotatable bonds is 8. The summed E-state index contributed by atoms with van der Waals surface area (Å²) in [5.41, 5.74) is 2.01. The standard InChI is InChI=1S/C22H26N6O4S2/c1-15-13-20(28-9-11-32-12-10-28)26-22(24-15)25-17-3-5-18(6-4-17)27-34(30,31)21-8-7-19(33-21)14-23-16(2)29/h3-8,13,27H,9-12,14H2,1-2H3,(H,23,29)(H,24,25,26). The van der Waals surface area contributed by atoms with Crippen LogP contribution >= 0.6 is 11.3 Å². The molecule has 0 unspecified atom stereocenters. The molecule has 3 heterocycles. The molecule has 2 aromatic heterocycles. The van der Waals surface area contributed by atoms with Crippen molar-refractivity contribution in [2.75, 3.05) is 41.2 Å². The summed E-state index contributed by atoms with van der Waals surface area (Å²) in [6.07, 6.45) is 0. The van der Waals surface area contributed by atoms with Gasteiger partial charge in [0.2, 0.25) is 11.9 Å². The van der Waals surface area contributed by atoms with Gasteiger partial charge in [0, 0.05) is 48.0 Å². The van der Waals surface area contributed by atoms with Gasteiger partial charge in [0.1, 0.15) is 10.0 Å². The van der Waals surface area contributed by atoms with Crippen LogP contribution in [0.5, 0.6) is 0 Å². The summed E-state index contributed by atoms with van der Waals surface area (Å²) in [6, 6.07) is 12.0. The number of nitrogens with one attached hydrogen (secondary N) is 3. The van der Waals surface area contributed by atoms with Gasteiger partial charge in [-0.05, 0) is 43.3 Å². The van der Waals surface area contributed by atoms with Crippen LogP contribution < -0.4 is 20.3 Å². The third kappa shape index (κ3) is 6.22. The van der Waals surface area contributed by atoms with Crippen LogP contribution in [0.4, 0.5) is 23.1 Å². The second kappa shape index (κ2) is 10.4. The zero-order valence-electron chi connectivity index (χ0n) is 18.9. The maximum atomic E-state index is 12.7. The van der Waals surface area contributed by atoms with Crippen molar-refractivity contribution in [2.24, 2.45) is 0 Å². The normalized spacial score (nSPS) is 14.0. The molecule has 1 amide bonds. The fourth-order valence-electron chi connectivity index (χ4n) is 3.33. The lowest BCUT2D eigenvalue weighted by atomic mass is 10.3. The molecule has 0 spiro atoms. The van der Waals surface area contributed by atoms with Crippen molar-refractivity contribution in [1.29, 1.82) is 0 Å². The molecule has 0 atom stereocenters. The molecule has 1 aromatic carbocycles. The van der Waals surface area contributed by atoms with E-state index in [0.717, 1.165) is 46.5 Å². The zero-order valence-corrected chi connectivity index (χ0v) is 20.5. The Morgan fingerprint density at radius 1 is 1.09 bits per heavy atom. The van der Waals surface area contributed by atoms with Crippen LogP contribution in [0.1, 0.15) is 17.5 Å². The maximum Gasteiger partial charge on any atom is 0.271 e. The molecule has 1 aliphatic rings. The van der Waals surface area contributed by atoms with Crippen molar-refractivity contribution in [1.82, 2.24) is 15.3 Å². The number of thiophene rings is 1. The van der Waals surface area contributed by atoms with E-state index in [1.165, 1.54) is 13.0 Å². The van der Waals surface area contributed by atoms with Crippen LogP contribution in [0.3, 0.4) is 0 Å². The Morgan fingerprint density at radius 3 is 2.50 bits per heavy atom. The van der Waals surface area contributed by atoms with E-state index in [-0.39, 0.29) is 10.1 Å². The molecule has 0 bridgehead atoms. The molecule has 34 heavy (non-hydrogen) atoms. The van der Waals surface area contributed by atoms with Gasteiger partial charge in [-0.1, -0.05) is 0 Å². The molecular formula is C22H26N6O4S2. The summed E-state index contributed by atoms with van der Waals surface area (Å²) in [4.78, 5) is 23.0. The first-order valence-corrected chi connectivity index (χ1v) is 13.0. The molecule has 0 saturated carbocycles. The predicted molar refractivity (Wildman–Crippen MR) is 132 cm³/mol. The van der Waals surface area contributed by atoms with E-state index in [9.17, 15) is 13.2 Å². The summed E-state index contributed by atoms with van der Waals surface area (Å²) in [7, 11) is -3.73. The number of aryl methyl sites for hydroxylation is 1. The van der Waals surface area contributed by atoms with Crippen LogP contribution in [0, 0.1) is 6.92 Å². The van der Waals surface area contributed by atoms with Crippen LogP contribution in [0.25, 0.3) is 0 Å². The largest absolute Gasteiger partial charge is 0.378 e. The lowest BCUT2D eigenvalue weighted by Crippen LogP contribution is -2.36. The third-order valence-electron chi connectivity index (χ3n) is 4.98. The average molecular weight is 503 g/mol. The van der Waals surface area contributed by atoms with Crippen LogP contribution in [-0.2, 0) is 26.1 Å². The van der Waals surface area contributed by atoms with Gasteiger partial charge >= 0.3 is 0 Å². The van der Waals surface area contributed by atoms with Gasteiger partial charge in [0.05, 0.1) is 19.8 Å². The summed E-state index contributed by atoms with van der Waals surface area (Å²) >= 11 is 1.11. The Labute approximate surface area is 202 Å². The van der Waals surface area contributed by atoms with Gasteiger partial charge in [-0.2, -0.15) is 4.98 Å². The zero-order chi connectivity index (χ0) is 24.1. The van der Waals surface area contributed by atoms with Gasteiger partial charge in [-0.15, -0.1) is 11.3 Å². The molecular weight excluding hydrogens is 476 g/mol. The van der Waals surface area contributed by atoms with Gasteiger partial charge in [-0.3, -0.25) is 9.52 Å². The van der Waals surface area contributed by atoms with Gasteiger partial charge in [0.15, 0.2) is 0 Å². The monoisotopic (exact) mass is 502 g/mol. The van der Waals surface area contributed by atoms with Crippen molar-refractivity contribution >= 4 is 50.4 Å². The van der Waals surface area contributed by atoms with E-state index in [1.54, 1.807) is 30.3 Å². The Hall–Kier alpha value is -3.22. The van der Waals surface area contributed by atoms with Crippen LogP contribution in [0.15, 0.2) is 46.7 Å². The van der Waals surface area contributed by atoms with Crippen molar-refractivity contribution in [2.45, 2.75) is 24.6 Å². The number of hydrogen-bond donors (Lipinski definition) is 3. The Bertz CT molecular complexity index is 1250. The Morgan fingerprint density at radius 2 is 1.79 bits per heavy atom. The molecule has 0 aliphatic carbocycles. The third-order valence-corrected chi connectivity index (χ3v) is 7.94. The van der Waals surface area contributed by atoms with Crippen molar-refractivity contribution in [3.63, 3.8) is 0 Å². The van der Waals surface area contributed by atoms with Crippen molar-refractivity contribution in [3.8, 4) is 0 Å². The minimum atomic E-state index is -3.73. The Kier molecular flexibility index (Phi) is 7.29. The first kappa shape index (κ1) is 23.9. The van der Waals surface area contributed by atoms with Crippen LogP contribution in [-0.4, -0.2) is 50.6 Å². The molecule has 1 fully saturated rings. The number of benzene rings is 1. The number of amides is 1. The lowest BCUT2D eigenvalue weighted by molar-refractivity contribution is -0.119. The first-order chi connectivity index (χ1) is 16.3. The highest BCUT2D eigenvalue weighted by Gasteiger charge is 2.18. The lowest BCUT2D eigenvalue weighted by Gasteiger charge is -2.28. The smallest absolute Gasteiger partial charge is 0.271 e. The predicted octanol–water partition coefficient (Wildman–Crippen LogP) is 2.86. The molecule has 10 nitrogen and oxygen atoms in total. The molecule has 1 saturated heterocycles. The number of carbonyl (C=O) groups is 1. The number of sulfonamides is 1. The van der Waals surface area contributed by atoms with E-state index < -0.39 is 10.0 Å². The number of morpholine rings is 1. The van der Waals surface area contributed by atoms with E-state index in [4.69, 9.17) is 4.74 Å². The number of hydrogen-bond acceptors (Lipinski definition) is 9. The number of nitrogens with zero attached hydrogens (tertiary/aromatic N) is 3. The first-order valence-electron chi connectivity index (χ1n) is 10.7. The number of aromatic nitrogens is 2. The fourth-order valence-corrected chi connectivity index (χ4v) is 5.68. The molecule has 12 heteroatoms. The second-order valence-electron chi connectivity index (χ2n) is 7.73. The highest BCUT2D eigenvalue weighted by Crippen LogP contribution is 2.25. The minimum absolute atomic E-state index is 0.169. The molecule has 4 rings (SSSR count). The molecule has 3 N–H and O–H groups in total. The van der Waals surface area contributed by atoms with Crippen LogP contribution in [0.2, 0.25) is 0 Å². The molecule has 0 radical (unpaired) electrons. The van der Waals surface area contributed by atoms with Gasteiger partial charge in [0.25, 0.3) is 10.0 Å². The summed E-state index contributed by atoms with van der Waals surface area (Å²) in [5, 5.41) is 5.84. The van der Waals surface area contributed by atoms with E-state index >= 15 is 0 Å². The van der Waals surface area contributed by atoms with E-state index in [1.807, 2.05) is 13.0 Å².